The Bertz CT molecular complexity index is 511. The van der Waals surface area contributed by atoms with E-state index in [1.54, 1.807) is 12.1 Å². The Labute approximate surface area is 136 Å². The first-order valence-electron chi connectivity index (χ1n) is 7.31. The number of hydrogen-bond donors (Lipinski definition) is 3. The Morgan fingerprint density at radius 3 is 2.82 bits per heavy atom. The molecule has 0 aliphatic carbocycles. The maximum Gasteiger partial charge on any atom is 0.220 e. The number of nitrogens with one attached hydrogen (secondary N) is 2. The summed E-state index contributed by atoms with van der Waals surface area (Å²) in [4.78, 5) is 11.2. The largest absolute Gasteiger partial charge is 0.387 e. The van der Waals surface area contributed by atoms with Crippen molar-refractivity contribution in [1.82, 2.24) is 10.6 Å². The van der Waals surface area contributed by atoms with Crippen molar-refractivity contribution >= 4 is 18.3 Å². The molecule has 1 fully saturated rings. The van der Waals surface area contributed by atoms with Crippen molar-refractivity contribution in [3.8, 4) is 0 Å². The first-order chi connectivity index (χ1) is 9.85. The molecule has 22 heavy (non-hydrogen) atoms. The second kappa shape index (κ2) is 7.90. The fourth-order valence-corrected chi connectivity index (χ4v) is 2.81. The molecule has 0 spiro atoms. The maximum absolute atomic E-state index is 13.1. The van der Waals surface area contributed by atoms with Crippen molar-refractivity contribution in [2.45, 2.75) is 38.3 Å². The van der Waals surface area contributed by atoms with Gasteiger partial charge in [0.2, 0.25) is 5.91 Å². The van der Waals surface area contributed by atoms with Gasteiger partial charge in [-0.3, -0.25) is 4.79 Å². The summed E-state index contributed by atoms with van der Waals surface area (Å²) in [5.74, 6) is 0.0864. The standard InChI is InChI=1S/C16H23FN2O2.ClH/c1-16(2,8-11-6-15(21)18-9-11)19-10-14(20)12-4-3-5-13(17)7-12;/h3-5,7,11,14,19-20H,6,8-10H2,1-2H3,(H,18,21);1H/t11-,14-;/m0./s1. The van der Waals surface area contributed by atoms with Gasteiger partial charge in [0.15, 0.2) is 0 Å². The number of rotatable bonds is 6. The van der Waals surface area contributed by atoms with Gasteiger partial charge in [0.1, 0.15) is 5.82 Å². The molecule has 0 unspecified atom stereocenters. The van der Waals surface area contributed by atoms with Crippen LogP contribution in [-0.4, -0.2) is 29.6 Å². The smallest absolute Gasteiger partial charge is 0.220 e. The van der Waals surface area contributed by atoms with Gasteiger partial charge in [-0.25, -0.2) is 4.39 Å². The Morgan fingerprint density at radius 1 is 1.50 bits per heavy atom. The molecule has 1 aromatic carbocycles. The van der Waals surface area contributed by atoms with Gasteiger partial charge in [-0.15, -0.1) is 12.4 Å². The van der Waals surface area contributed by atoms with Crippen molar-refractivity contribution in [2.24, 2.45) is 5.92 Å². The van der Waals surface area contributed by atoms with E-state index in [0.717, 1.165) is 13.0 Å². The highest BCUT2D eigenvalue weighted by molar-refractivity contribution is 5.85. The zero-order chi connectivity index (χ0) is 15.5. The van der Waals surface area contributed by atoms with Crippen LogP contribution in [-0.2, 0) is 4.79 Å². The van der Waals surface area contributed by atoms with E-state index in [-0.39, 0.29) is 29.7 Å². The second-order valence-electron chi connectivity index (χ2n) is 6.41. The highest BCUT2D eigenvalue weighted by Crippen LogP contribution is 2.23. The van der Waals surface area contributed by atoms with Crippen LogP contribution in [0.15, 0.2) is 24.3 Å². The predicted molar refractivity (Wildman–Crippen MR) is 86.4 cm³/mol. The van der Waals surface area contributed by atoms with E-state index < -0.39 is 6.10 Å². The Hall–Kier alpha value is -1.17. The normalized spacial score (nSPS) is 19.5. The monoisotopic (exact) mass is 330 g/mol. The number of hydrogen-bond acceptors (Lipinski definition) is 3. The molecule has 1 aliphatic rings. The third-order valence-corrected chi connectivity index (χ3v) is 3.87. The molecule has 1 saturated heterocycles. The molecule has 3 N–H and O–H groups in total. The van der Waals surface area contributed by atoms with E-state index in [4.69, 9.17) is 0 Å². The summed E-state index contributed by atoms with van der Waals surface area (Å²) in [5.41, 5.74) is 0.377. The third-order valence-electron chi connectivity index (χ3n) is 3.87. The van der Waals surface area contributed by atoms with Gasteiger partial charge in [0.25, 0.3) is 0 Å². The summed E-state index contributed by atoms with van der Waals surface area (Å²) in [6, 6.07) is 6.01. The van der Waals surface area contributed by atoms with Crippen molar-refractivity contribution in [3.63, 3.8) is 0 Å². The van der Waals surface area contributed by atoms with Crippen LogP contribution in [0.4, 0.5) is 4.39 Å². The van der Waals surface area contributed by atoms with Gasteiger partial charge in [-0.1, -0.05) is 12.1 Å². The minimum atomic E-state index is -0.747. The Kier molecular flexibility index (Phi) is 6.78. The molecule has 6 heteroatoms. The molecule has 124 valence electrons. The summed E-state index contributed by atoms with van der Waals surface area (Å²) in [5, 5.41) is 16.3. The molecule has 1 aromatic rings. The lowest BCUT2D eigenvalue weighted by Crippen LogP contribution is -2.43. The average molecular weight is 331 g/mol. The highest BCUT2D eigenvalue weighted by Gasteiger charge is 2.29. The fraction of sp³-hybridized carbons (Fsp3) is 0.562. The van der Waals surface area contributed by atoms with Crippen molar-refractivity contribution < 1.29 is 14.3 Å². The van der Waals surface area contributed by atoms with Crippen molar-refractivity contribution in [2.75, 3.05) is 13.1 Å². The summed E-state index contributed by atoms with van der Waals surface area (Å²) in [6.07, 6.45) is 0.669. The molecule has 0 radical (unpaired) electrons. The number of β-amino-alcohol motifs (C(OH)–C–C–N with tert-alkyl or cyclic N) is 1. The second-order valence-corrected chi connectivity index (χ2v) is 6.41. The van der Waals surface area contributed by atoms with E-state index in [0.29, 0.717) is 24.4 Å². The molecule has 0 aromatic heterocycles. The predicted octanol–water partition coefficient (Wildman–Crippen LogP) is 2.18. The molecule has 2 rings (SSSR count). The number of carbonyl (C=O) groups excluding carboxylic acids is 1. The summed E-state index contributed by atoms with van der Waals surface area (Å²) < 4.78 is 13.1. The van der Waals surface area contributed by atoms with Crippen LogP contribution in [0.2, 0.25) is 0 Å². The topological polar surface area (TPSA) is 61.4 Å². The molecule has 2 atom stereocenters. The summed E-state index contributed by atoms with van der Waals surface area (Å²) in [6.45, 7) is 5.17. The van der Waals surface area contributed by atoms with E-state index >= 15 is 0 Å². The van der Waals surface area contributed by atoms with E-state index in [2.05, 4.69) is 10.6 Å². The number of benzene rings is 1. The molecule has 1 aliphatic heterocycles. The van der Waals surface area contributed by atoms with Crippen molar-refractivity contribution in [1.29, 1.82) is 0 Å². The number of halogens is 2. The van der Waals surface area contributed by atoms with Gasteiger partial charge < -0.3 is 15.7 Å². The van der Waals surface area contributed by atoms with Gasteiger partial charge >= 0.3 is 0 Å². The maximum atomic E-state index is 13.1. The van der Waals surface area contributed by atoms with Crippen LogP contribution >= 0.6 is 12.4 Å². The molecule has 1 heterocycles. The first-order valence-corrected chi connectivity index (χ1v) is 7.31. The lowest BCUT2D eigenvalue weighted by molar-refractivity contribution is -0.119. The van der Waals surface area contributed by atoms with Gasteiger partial charge in [-0.2, -0.15) is 0 Å². The van der Waals surface area contributed by atoms with E-state index in [1.807, 2.05) is 13.8 Å². The SMILES string of the molecule is CC(C)(C[C@H]1CNC(=O)C1)NC[C@H](O)c1cccc(F)c1.Cl. The van der Waals surface area contributed by atoms with Gasteiger partial charge in [0.05, 0.1) is 6.10 Å². The van der Waals surface area contributed by atoms with Crippen LogP contribution in [0.1, 0.15) is 38.4 Å². The Morgan fingerprint density at radius 2 is 2.23 bits per heavy atom. The van der Waals surface area contributed by atoms with Gasteiger partial charge in [-0.05, 0) is 43.9 Å². The third kappa shape index (κ3) is 5.55. The van der Waals surface area contributed by atoms with E-state index in [1.165, 1.54) is 12.1 Å². The molecular formula is C16H24ClFN2O2. The highest BCUT2D eigenvalue weighted by atomic mass is 35.5. The molecule has 4 nitrogen and oxygen atoms in total. The quantitative estimate of drug-likeness (QED) is 0.749. The molecular weight excluding hydrogens is 307 g/mol. The summed E-state index contributed by atoms with van der Waals surface area (Å²) in [7, 11) is 0. The molecule has 0 saturated carbocycles. The fourth-order valence-electron chi connectivity index (χ4n) is 2.81. The first kappa shape index (κ1) is 18.9. The van der Waals surface area contributed by atoms with Crippen LogP contribution < -0.4 is 10.6 Å². The number of aliphatic hydroxyl groups excluding tert-OH is 1. The van der Waals surface area contributed by atoms with Crippen molar-refractivity contribution in [3.05, 3.63) is 35.6 Å². The molecule has 0 bridgehead atoms. The summed E-state index contributed by atoms with van der Waals surface area (Å²) >= 11 is 0. The van der Waals surface area contributed by atoms with Crippen LogP contribution in [0.3, 0.4) is 0 Å². The number of amides is 1. The van der Waals surface area contributed by atoms with Crippen LogP contribution in [0.25, 0.3) is 0 Å². The van der Waals surface area contributed by atoms with Crippen LogP contribution in [0.5, 0.6) is 0 Å². The lowest BCUT2D eigenvalue weighted by Gasteiger charge is -2.30. The minimum Gasteiger partial charge on any atom is -0.387 e. The zero-order valence-corrected chi connectivity index (χ0v) is 13.8. The zero-order valence-electron chi connectivity index (χ0n) is 12.9. The average Bonchev–Trinajstić information content (AvgIpc) is 2.80. The van der Waals surface area contributed by atoms with Crippen LogP contribution in [0, 0.1) is 11.7 Å². The lowest BCUT2D eigenvalue weighted by atomic mass is 9.89. The van der Waals surface area contributed by atoms with Gasteiger partial charge in [0, 0.05) is 25.0 Å². The molecule has 1 amide bonds. The number of carbonyl (C=O) groups is 1. The Balaban J connectivity index is 0.00000242. The van der Waals surface area contributed by atoms with E-state index in [9.17, 15) is 14.3 Å². The number of aliphatic hydroxyl groups is 1. The minimum absolute atomic E-state index is 0.